The van der Waals surface area contributed by atoms with Gasteiger partial charge in [-0.2, -0.15) is 0 Å². The van der Waals surface area contributed by atoms with Crippen molar-refractivity contribution in [2.24, 2.45) is 0 Å². The zero-order valence-corrected chi connectivity index (χ0v) is 16.9. The van der Waals surface area contributed by atoms with Gasteiger partial charge in [-0.3, -0.25) is 9.78 Å². The lowest BCUT2D eigenvalue weighted by Crippen LogP contribution is -2.38. The summed E-state index contributed by atoms with van der Waals surface area (Å²) >= 11 is 0. The van der Waals surface area contributed by atoms with Crippen LogP contribution in [0.5, 0.6) is 0 Å². The average Bonchev–Trinajstić information content (AvgIpc) is 2.63. The molecule has 0 spiro atoms. The van der Waals surface area contributed by atoms with Crippen LogP contribution in [-0.4, -0.2) is 45.6 Å². The molecule has 0 aromatic carbocycles. The van der Waals surface area contributed by atoms with E-state index in [1.165, 1.54) is 0 Å². The predicted molar refractivity (Wildman–Crippen MR) is 107 cm³/mol. The van der Waals surface area contributed by atoms with Crippen LogP contribution in [0.15, 0.2) is 42.7 Å². The van der Waals surface area contributed by atoms with Gasteiger partial charge in [0.05, 0.1) is 6.54 Å². The first-order valence-electron chi connectivity index (χ1n) is 9.33. The predicted octanol–water partition coefficient (Wildman–Crippen LogP) is 3.34. The third-order valence-corrected chi connectivity index (χ3v) is 3.76. The van der Waals surface area contributed by atoms with E-state index in [4.69, 9.17) is 4.74 Å². The molecule has 0 radical (unpaired) electrons. The largest absolute Gasteiger partial charge is 0.444 e. The summed E-state index contributed by atoms with van der Waals surface area (Å²) in [6.07, 6.45) is 3.62. The molecule has 7 heteroatoms. The van der Waals surface area contributed by atoms with Crippen LogP contribution in [0, 0.1) is 6.92 Å². The molecule has 2 aromatic rings. The molecule has 2 aromatic heterocycles. The average molecular weight is 384 g/mol. The fraction of sp³-hybridized carbons (Fsp3) is 0.429. The molecule has 2 heterocycles. The number of amides is 2. The molecule has 0 fully saturated rings. The highest BCUT2D eigenvalue weighted by molar-refractivity contribution is 5.92. The van der Waals surface area contributed by atoms with E-state index in [1.54, 1.807) is 29.4 Å². The summed E-state index contributed by atoms with van der Waals surface area (Å²) in [5.41, 5.74) is 1.52. The molecule has 0 saturated heterocycles. The van der Waals surface area contributed by atoms with Crippen LogP contribution < -0.4 is 5.32 Å². The molecule has 0 aliphatic rings. The molecule has 0 bridgehead atoms. The Labute approximate surface area is 166 Å². The fourth-order valence-corrected chi connectivity index (χ4v) is 2.51. The Morgan fingerprint density at radius 1 is 1.18 bits per heavy atom. The highest BCUT2D eigenvalue weighted by Crippen LogP contribution is 2.12. The maximum Gasteiger partial charge on any atom is 0.410 e. The Bertz CT molecular complexity index is 788. The van der Waals surface area contributed by atoms with Gasteiger partial charge >= 0.3 is 6.09 Å². The lowest BCUT2D eigenvalue weighted by atomic mass is 10.2. The van der Waals surface area contributed by atoms with Crippen molar-refractivity contribution in [3.63, 3.8) is 0 Å². The van der Waals surface area contributed by atoms with Crippen molar-refractivity contribution in [1.82, 2.24) is 20.2 Å². The molecule has 0 unspecified atom stereocenters. The summed E-state index contributed by atoms with van der Waals surface area (Å²) < 4.78 is 5.50. The van der Waals surface area contributed by atoms with Gasteiger partial charge in [0.15, 0.2) is 0 Å². The van der Waals surface area contributed by atoms with E-state index in [0.29, 0.717) is 31.7 Å². The van der Waals surface area contributed by atoms with Crippen LogP contribution in [0.3, 0.4) is 0 Å². The van der Waals surface area contributed by atoms with E-state index < -0.39 is 5.60 Å². The molecule has 1 N–H and O–H groups in total. The minimum absolute atomic E-state index is 0.222. The molecular weight excluding hydrogens is 356 g/mol. The summed E-state index contributed by atoms with van der Waals surface area (Å²) in [4.78, 5) is 34.6. The first-order valence-corrected chi connectivity index (χ1v) is 9.33. The number of nitrogens with one attached hydrogen (secondary N) is 1. The molecule has 0 aliphatic heterocycles. The van der Waals surface area contributed by atoms with E-state index in [1.807, 2.05) is 45.9 Å². The Kier molecular flexibility index (Phi) is 7.49. The maximum absolute atomic E-state index is 12.5. The molecule has 28 heavy (non-hydrogen) atoms. The quantitative estimate of drug-likeness (QED) is 0.740. The molecule has 0 aliphatic carbocycles. The molecule has 7 nitrogen and oxygen atoms in total. The van der Waals surface area contributed by atoms with Crippen molar-refractivity contribution in [2.45, 2.75) is 46.3 Å². The Morgan fingerprint density at radius 2 is 1.96 bits per heavy atom. The van der Waals surface area contributed by atoms with E-state index in [9.17, 15) is 9.59 Å². The standard InChI is InChI=1S/C21H28N4O3/c1-16-8-5-10-18(24-16)19(26)23-12-7-13-25(20(27)28-21(2,3)4)15-17-9-6-11-22-14-17/h5-6,8-11,14H,7,12-13,15H2,1-4H3,(H,23,26). The number of ether oxygens (including phenoxy) is 1. The van der Waals surface area contributed by atoms with Gasteiger partial charge in [0, 0.05) is 31.2 Å². The SMILES string of the molecule is Cc1cccc(C(=O)NCCCN(Cc2cccnc2)C(=O)OC(C)(C)C)n1. The van der Waals surface area contributed by atoms with Gasteiger partial charge in [-0.1, -0.05) is 12.1 Å². The van der Waals surface area contributed by atoms with Crippen LogP contribution in [0.1, 0.15) is 48.9 Å². The number of carbonyl (C=O) groups excluding carboxylic acids is 2. The number of rotatable bonds is 7. The fourth-order valence-electron chi connectivity index (χ4n) is 2.51. The first kappa shape index (κ1) is 21.3. The number of carbonyl (C=O) groups is 2. The minimum atomic E-state index is -0.574. The minimum Gasteiger partial charge on any atom is -0.444 e. The zero-order valence-electron chi connectivity index (χ0n) is 16.9. The van der Waals surface area contributed by atoms with Gasteiger partial charge in [-0.25, -0.2) is 9.78 Å². The highest BCUT2D eigenvalue weighted by Gasteiger charge is 2.22. The normalized spacial score (nSPS) is 11.0. The van der Waals surface area contributed by atoms with Gasteiger partial charge in [0.2, 0.25) is 0 Å². The second kappa shape index (κ2) is 9.82. The van der Waals surface area contributed by atoms with E-state index in [2.05, 4.69) is 15.3 Å². The molecule has 2 rings (SSSR count). The smallest absolute Gasteiger partial charge is 0.410 e. The van der Waals surface area contributed by atoms with Crippen molar-refractivity contribution in [2.75, 3.05) is 13.1 Å². The van der Waals surface area contributed by atoms with Crippen LogP contribution in [-0.2, 0) is 11.3 Å². The number of hydrogen-bond acceptors (Lipinski definition) is 5. The summed E-state index contributed by atoms with van der Waals surface area (Å²) in [7, 11) is 0. The van der Waals surface area contributed by atoms with Crippen LogP contribution in [0.25, 0.3) is 0 Å². The molecule has 0 atom stereocenters. The lowest BCUT2D eigenvalue weighted by Gasteiger charge is -2.27. The summed E-state index contributed by atoms with van der Waals surface area (Å²) in [5.74, 6) is -0.222. The van der Waals surface area contributed by atoms with Crippen LogP contribution in [0.2, 0.25) is 0 Å². The lowest BCUT2D eigenvalue weighted by molar-refractivity contribution is 0.0232. The zero-order chi connectivity index (χ0) is 20.6. The van der Waals surface area contributed by atoms with Crippen molar-refractivity contribution in [1.29, 1.82) is 0 Å². The second-order valence-corrected chi connectivity index (χ2v) is 7.54. The summed E-state index contributed by atoms with van der Waals surface area (Å²) in [6.45, 7) is 8.63. The number of pyridine rings is 2. The van der Waals surface area contributed by atoms with Crippen LogP contribution in [0.4, 0.5) is 4.79 Å². The van der Waals surface area contributed by atoms with Gasteiger partial charge in [0.25, 0.3) is 5.91 Å². The summed E-state index contributed by atoms with van der Waals surface area (Å²) in [6, 6.07) is 9.06. The van der Waals surface area contributed by atoms with Crippen molar-refractivity contribution >= 4 is 12.0 Å². The molecule has 150 valence electrons. The first-order chi connectivity index (χ1) is 13.2. The number of aryl methyl sites for hydroxylation is 1. The Morgan fingerprint density at radius 3 is 2.61 bits per heavy atom. The molecular formula is C21H28N4O3. The highest BCUT2D eigenvalue weighted by atomic mass is 16.6. The van der Waals surface area contributed by atoms with Gasteiger partial charge in [0.1, 0.15) is 11.3 Å². The van der Waals surface area contributed by atoms with Crippen molar-refractivity contribution in [3.05, 3.63) is 59.7 Å². The second-order valence-electron chi connectivity index (χ2n) is 7.54. The molecule has 2 amide bonds. The number of aromatic nitrogens is 2. The van der Waals surface area contributed by atoms with E-state index in [0.717, 1.165) is 11.3 Å². The third-order valence-electron chi connectivity index (χ3n) is 3.76. The van der Waals surface area contributed by atoms with E-state index >= 15 is 0 Å². The number of hydrogen-bond donors (Lipinski definition) is 1. The van der Waals surface area contributed by atoms with Crippen molar-refractivity contribution in [3.8, 4) is 0 Å². The van der Waals surface area contributed by atoms with Crippen LogP contribution >= 0.6 is 0 Å². The summed E-state index contributed by atoms with van der Waals surface area (Å²) in [5, 5.41) is 2.84. The van der Waals surface area contributed by atoms with Gasteiger partial charge < -0.3 is 15.0 Å². The Balaban J connectivity index is 1.90. The molecule has 0 saturated carbocycles. The van der Waals surface area contributed by atoms with Gasteiger partial charge in [-0.05, 0) is 57.9 Å². The third kappa shape index (κ3) is 7.34. The van der Waals surface area contributed by atoms with E-state index in [-0.39, 0.29) is 12.0 Å². The number of nitrogens with zero attached hydrogens (tertiary/aromatic N) is 3. The van der Waals surface area contributed by atoms with Gasteiger partial charge in [-0.15, -0.1) is 0 Å². The monoisotopic (exact) mass is 384 g/mol. The topological polar surface area (TPSA) is 84.4 Å². The van der Waals surface area contributed by atoms with Crippen molar-refractivity contribution < 1.29 is 14.3 Å². The maximum atomic E-state index is 12.5. The Hall–Kier alpha value is -2.96.